The van der Waals surface area contributed by atoms with Crippen molar-refractivity contribution < 1.29 is 4.74 Å². The molecule has 1 fully saturated rings. The molecule has 2 atom stereocenters. The second kappa shape index (κ2) is 4.43. The maximum Gasteiger partial charge on any atom is 0.0996 e. The van der Waals surface area contributed by atoms with Gasteiger partial charge in [0, 0.05) is 29.8 Å². The second-order valence-corrected chi connectivity index (χ2v) is 4.52. The molecule has 0 amide bonds. The van der Waals surface area contributed by atoms with Crippen molar-refractivity contribution in [3.05, 3.63) is 42.1 Å². The summed E-state index contributed by atoms with van der Waals surface area (Å²) in [5.74, 6) is 0. The summed E-state index contributed by atoms with van der Waals surface area (Å²) >= 11 is 0. The van der Waals surface area contributed by atoms with Gasteiger partial charge in [-0.2, -0.15) is 0 Å². The first kappa shape index (κ1) is 10.7. The number of pyridine rings is 1. The predicted molar refractivity (Wildman–Crippen MR) is 67.6 cm³/mol. The maximum absolute atomic E-state index is 6.15. The first-order chi connectivity index (χ1) is 8.36. The molecule has 0 bridgehead atoms. The molecule has 1 aliphatic rings. The van der Waals surface area contributed by atoms with Gasteiger partial charge in [-0.3, -0.25) is 4.98 Å². The zero-order valence-electron chi connectivity index (χ0n) is 9.67. The molecule has 1 aromatic heterocycles. The Labute approximate surface area is 101 Å². The van der Waals surface area contributed by atoms with E-state index in [1.54, 1.807) is 0 Å². The molecule has 0 radical (unpaired) electrons. The molecule has 0 saturated carbocycles. The molecule has 88 valence electrons. The number of ether oxygens (including phenoxy) is 1. The van der Waals surface area contributed by atoms with Crippen molar-refractivity contribution in [1.29, 1.82) is 0 Å². The summed E-state index contributed by atoms with van der Waals surface area (Å²) in [6.07, 6.45) is 3.88. The van der Waals surface area contributed by atoms with Gasteiger partial charge in [0.1, 0.15) is 0 Å². The van der Waals surface area contributed by atoms with E-state index in [1.807, 2.05) is 18.3 Å². The van der Waals surface area contributed by atoms with E-state index in [-0.39, 0.29) is 12.1 Å². The smallest absolute Gasteiger partial charge is 0.0996 e. The molecule has 0 aliphatic carbocycles. The lowest BCUT2D eigenvalue weighted by molar-refractivity contribution is 0.000928. The highest BCUT2D eigenvalue weighted by atomic mass is 16.5. The van der Waals surface area contributed by atoms with Crippen molar-refractivity contribution in [3.8, 4) is 0 Å². The lowest BCUT2D eigenvalue weighted by Crippen LogP contribution is -2.34. The van der Waals surface area contributed by atoms with Crippen LogP contribution < -0.4 is 5.73 Å². The van der Waals surface area contributed by atoms with E-state index >= 15 is 0 Å². The Morgan fingerprint density at radius 2 is 2.12 bits per heavy atom. The lowest BCUT2D eigenvalue weighted by atomic mass is 9.95. The molecular weight excluding hydrogens is 212 g/mol. The SMILES string of the molecule is NC1CCCOC1c1cccc2cccnc12. The molecular formula is C14H16N2O. The molecule has 2 N–H and O–H groups in total. The maximum atomic E-state index is 6.15. The van der Waals surface area contributed by atoms with Crippen LogP contribution in [-0.4, -0.2) is 17.6 Å². The summed E-state index contributed by atoms with van der Waals surface area (Å²) in [6.45, 7) is 0.793. The molecule has 3 heteroatoms. The quantitative estimate of drug-likeness (QED) is 0.815. The molecule has 1 aliphatic heterocycles. The van der Waals surface area contributed by atoms with Crippen molar-refractivity contribution >= 4 is 10.9 Å². The monoisotopic (exact) mass is 228 g/mol. The summed E-state index contributed by atoms with van der Waals surface area (Å²) < 4.78 is 5.82. The zero-order valence-corrected chi connectivity index (χ0v) is 9.67. The second-order valence-electron chi connectivity index (χ2n) is 4.52. The van der Waals surface area contributed by atoms with Crippen LogP contribution in [0.4, 0.5) is 0 Å². The first-order valence-corrected chi connectivity index (χ1v) is 6.07. The Balaban J connectivity index is 2.10. The fourth-order valence-corrected chi connectivity index (χ4v) is 2.48. The van der Waals surface area contributed by atoms with Gasteiger partial charge in [0.15, 0.2) is 0 Å². The summed E-state index contributed by atoms with van der Waals surface area (Å²) in [5.41, 5.74) is 8.28. The van der Waals surface area contributed by atoms with Gasteiger partial charge in [0.2, 0.25) is 0 Å². The third kappa shape index (κ3) is 1.92. The van der Waals surface area contributed by atoms with E-state index in [0.717, 1.165) is 35.9 Å². The van der Waals surface area contributed by atoms with Crippen molar-refractivity contribution in [2.75, 3.05) is 6.61 Å². The van der Waals surface area contributed by atoms with Gasteiger partial charge in [-0.15, -0.1) is 0 Å². The summed E-state index contributed by atoms with van der Waals surface area (Å²) in [5, 5.41) is 1.14. The van der Waals surface area contributed by atoms with Crippen LogP contribution >= 0.6 is 0 Å². The van der Waals surface area contributed by atoms with E-state index in [0.29, 0.717) is 0 Å². The molecule has 1 saturated heterocycles. The Bertz CT molecular complexity index is 521. The van der Waals surface area contributed by atoms with E-state index in [2.05, 4.69) is 23.2 Å². The highest BCUT2D eigenvalue weighted by molar-refractivity contribution is 5.82. The van der Waals surface area contributed by atoms with E-state index < -0.39 is 0 Å². The van der Waals surface area contributed by atoms with Crippen LogP contribution in [0, 0.1) is 0 Å². The summed E-state index contributed by atoms with van der Waals surface area (Å²) in [6, 6.07) is 10.3. The van der Waals surface area contributed by atoms with Crippen LogP contribution in [0.1, 0.15) is 24.5 Å². The molecule has 1 aromatic carbocycles. The van der Waals surface area contributed by atoms with E-state index in [1.165, 1.54) is 0 Å². The van der Waals surface area contributed by atoms with Crippen LogP contribution in [0.25, 0.3) is 10.9 Å². The molecule has 2 heterocycles. The third-order valence-corrected chi connectivity index (χ3v) is 3.34. The van der Waals surface area contributed by atoms with Gasteiger partial charge in [-0.25, -0.2) is 0 Å². The minimum atomic E-state index is -0.0117. The molecule has 3 nitrogen and oxygen atoms in total. The van der Waals surface area contributed by atoms with Crippen LogP contribution in [0.5, 0.6) is 0 Å². The molecule has 17 heavy (non-hydrogen) atoms. The lowest BCUT2D eigenvalue weighted by Gasteiger charge is -2.29. The topological polar surface area (TPSA) is 48.1 Å². The van der Waals surface area contributed by atoms with Crippen molar-refractivity contribution in [2.24, 2.45) is 5.73 Å². The molecule has 0 spiro atoms. The number of rotatable bonds is 1. The minimum absolute atomic E-state index is 0.0117. The summed E-state index contributed by atoms with van der Waals surface area (Å²) in [7, 11) is 0. The standard InChI is InChI=1S/C14H16N2O/c15-12-7-3-9-17-14(12)11-6-1-4-10-5-2-8-16-13(10)11/h1-2,4-6,8,12,14H,3,7,9,15H2. The van der Waals surface area contributed by atoms with Crippen molar-refractivity contribution in [3.63, 3.8) is 0 Å². The number of nitrogens with zero attached hydrogens (tertiary/aromatic N) is 1. The molecule has 3 rings (SSSR count). The summed E-state index contributed by atoms with van der Waals surface area (Å²) in [4.78, 5) is 4.46. The number of benzene rings is 1. The fourth-order valence-electron chi connectivity index (χ4n) is 2.48. The van der Waals surface area contributed by atoms with Gasteiger partial charge in [0.25, 0.3) is 0 Å². The van der Waals surface area contributed by atoms with Crippen LogP contribution in [0.2, 0.25) is 0 Å². The van der Waals surface area contributed by atoms with Gasteiger partial charge in [-0.1, -0.05) is 24.3 Å². The van der Waals surface area contributed by atoms with E-state index in [9.17, 15) is 0 Å². The Kier molecular flexibility index (Phi) is 2.79. The largest absolute Gasteiger partial charge is 0.372 e. The number of para-hydroxylation sites is 1. The van der Waals surface area contributed by atoms with E-state index in [4.69, 9.17) is 10.5 Å². The van der Waals surface area contributed by atoms with Crippen LogP contribution in [0.3, 0.4) is 0 Å². The Hall–Kier alpha value is -1.45. The number of aromatic nitrogens is 1. The highest BCUT2D eigenvalue weighted by Crippen LogP contribution is 2.31. The van der Waals surface area contributed by atoms with Gasteiger partial charge < -0.3 is 10.5 Å². The number of hydrogen-bond donors (Lipinski definition) is 1. The molecule has 2 aromatic rings. The minimum Gasteiger partial charge on any atom is -0.372 e. The molecule has 2 unspecified atom stereocenters. The van der Waals surface area contributed by atoms with Gasteiger partial charge in [-0.05, 0) is 18.9 Å². The predicted octanol–water partition coefficient (Wildman–Crippen LogP) is 2.41. The average Bonchev–Trinajstić information content (AvgIpc) is 2.39. The highest BCUT2D eigenvalue weighted by Gasteiger charge is 2.25. The number of nitrogens with two attached hydrogens (primary N) is 1. The van der Waals surface area contributed by atoms with Crippen LogP contribution in [0.15, 0.2) is 36.5 Å². The van der Waals surface area contributed by atoms with Gasteiger partial charge in [0.05, 0.1) is 11.6 Å². The number of hydrogen-bond acceptors (Lipinski definition) is 3. The van der Waals surface area contributed by atoms with Crippen LogP contribution in [-0.2, 0) is 4.74 Å². The first-order valence-electron chi connectivity index (χ1n) is 6.07. The third-order valence-electron chi connectivity index (χ3n) is 3.34. The number of fused-ring (bicyclic) bond motifs is 1. The van der Waals surface area contributed by atoms with Crippen molar-refractivity contribution in [1.82, 2.24) is 4.98 Å². The van der Waals surface area contributed by atoms with Gasteiger partial charge >= 0.3 is 0 Å². The fraction of sp³-hybridized carbons (Fsp3) is 0.357. The Morgan fingerprint density at radius 1 is 1.24 bits per heavy atom. The zero-order chi connectivity index (χ0) is 11.7. The normalized spacial score (nSPS) is 25.0. The average molecular weight is 228 g/mol. The Morgan fingerprint density at radius 3 is 3.00 bits per heavy atom. The van der Waals surface area contributed by atoms with Crippen molar-refractivity contribution in [2.45, 2.75) is 25.0 Å².